The van der Waals surface area contributed by atoms with Gasteiger partial charge in [-0.25, -0.2) is 0 Å². The Kier molecular flexibility index (Phi) is 4.22. The predicted octanol–water partition coefficient (Wildman–Crippen LogP) is 5.37. The van der Waals surface area contributed by atoms with Crippen molar-refractivity contribution in [1.29, 1.82) is 0 Å². The van der Waals surface area contributed by atoms with E-state index in [1.165, 1.54) is 11.3 Å². The van der Waals surface area contributed by atoms with Crippen LogP contribution >= 0.6 is 11.3 Å². The van der Waals surface area contributed by atoms with Crippen molar-refractivity contribution in [1.82, 2.24) is 10.2 Å². The normalized spacial score (nSPS) is 11.1. The van der Waals surface area contributed by atoms with Crippen LogP contribution in [-0.4, -0.2) is 23.2 Å². The third-order valence-corrected chi connectivity index (χ3v) is 5.52. The van der Waals surface area contributed by atoms with Crippen LogP contribution in [0.15, 0.2) is 71.1 Å². The first-order valence-corrected chi connectivity index (χ1v) is 9.73. The number of anilines is 1. The molecule has 7 heteroatoms. The third-order valence-electron chi connectivity index (χ3n) is 4.63. The van der Waals surface area contributed by atoms with Crippen molar-refractivity contribution in [3.63, 3.8) is 0 Å². The number of rotatable bonds is 4. The van der Waals surface area contributed by atoms with E-state index in [4.69, 9.17) is 9.15 Å². The van der Waals surface area contributed by atoms with E-state index in [1.807, 2.05) is 60.7 Å². The number of ether oxygens (including phenoxy) is 1. The lowest BCUT2D eigenvalue weighted by Gasteiger charge is -1.99. The summed E-state index contributed by atoms with van der Waals surface area (Å²) in [6.45, 7) is 0. The van der Waals surface area contributed by atoms with Gasteiger partial charge in [-0.2, -0.15) is 0 Å². The van der Waals surface area contributed by atoms with Gasteiger partial charge in [0.25, 0.3) is 5.91 Å². The fourth-order valence-corrected chi connectivity index (χ4v) is 3.93. The molecule has 6 nitrogen and oxygen atoms in total. The molecule has 0 aliphatic rings. The molecule has 142 valence electrons. The Bertz CT molecular complexity index is 1340. The molecule has 1 N–H and O–H groups in total. The molecule has 5 aromatic rings. The average molecular weight is 401 g/mol. The summed E-state index contributed by atoms with van der Waals surface area (Å²) in [5.74, 6) is 0.643. The highest BCUT2D eigenvalue weighted by Crippen LogP contribution is 2.30. The maximum atomic E-state index is 12.7. The summed E-state index contributed by atoms with van der Waals surface area (Å²) in [6, 6.07) is 21.1. The van der Waals surface area contributed by atoms with Gasteiger partial charge in [-0.15, -0.1) is 10.2 Å². The van der Waals surface area contributed by atoms with Crippen molar-refractivity contribution in [2.75, 3.05) is 12.4 Å². The second-order valence-corrected chi connectivity index (χ2v) is 7.38. The summed E-state index contributed by atoms with van der Waals surface area (Å²) in [6.07, 6.45) is 0. The van der Waals surface area contributed by atoms with E-state index in [1.54, 1.807) is 13.2 Å². The number of hydrogen-bond donors (Lipinski definition) is 1. The minimum atomic E-state index is -0.359. The Labute approximate surface area is 169 Å². The number of methoxy groups -OCH3 is 1. The van der Waals surface area contributed by atoms with Crippen molar-refractivity contribution < 1.29 is 13.9 Å². The van der Waals surface area contributed by atoms with Crippen LogP contribution in [0.25, 0.3) is 32.3 Å². The first kappa shape index (κ1) is 17.4. The molecule has 29 heavy (non-hydrogen) atoms. The minimum Gasteiger partial charge on any atom is -0.497 e. The lowest BCUT2D eigenvalue weighted by atomic mass is 10.1. The van der Waals surface area contributed by atoms with Crippen molar-refractivity contribution in [3.05, 3.63) is 72.5 Å². The topological polar surface area (TPSA) is 77.3 Å². The van der Waals surface area contributed by atoms with Gasteiger partial charge >= 0.3 is 0 Å². The zero-order valence-electron chi connectivity index (χ0n) is 15.4. The van der Waals surface area contributed by atoms with Crippen LogP contribution < -0.4 is 10.1 Å². The highest BCUT2D eigenvalue weighted by Gasteiger charge is 2.16. The molecule has 3 aromatic carbocycles. The van der Waals surface area contributed by atoms with Crippen molar-refractivity contribution >= 4 is 44.1 Å². The van der Waals surface area contributed by atoms with Crippen LogP contribution in [0.4, 0.5) is 5.13 Å². The van der Waals surface area contributed by atoms with Gasteiger partial charge in [-0.1, -0.05) is 41.7 Å². The molecule has 0 aliphatic heterocycles. The molecule has 0 bridgehead atoms. The molecule has 5 rings (SSSR count). The Balaban J connectivity index is 1.40. The van der Waals surface area contributed by atoms with E-state index in [-0.39, 0.29) is 11.7 Å². The zero-order chi connectivity index (χ0) is 19.8. The number of carbonyl (C=O) groups is 1. The Morgan fingerprint density at radius 2 is 1.83 bits per heavy atom. The number of benzene rings is 3. The van der Waals surface area contributed by atoms with Crippen molar-refractivity contribution in [2.24, 2.45) is 0 Å². The molecule has 0 saturated heterocycles. The summed E-state index contributed by atoms with van der Waals surface area (Å²) >= 11 is 1.30. The largest absolute Gasteiger partial charge is 0.497 e. The number of fused-ring (bicyclic) bond motifs is 3. The number of amides is 1. The van der Waals surface area contributed by atoms with Crippen LogP contribution in [0.3, 0.4) is 0 Å². The molecule has 0 fully saturated rings. The SMILES string of the molecule is COc1ccc(-c2nnc(NC(=O)c3cc4c(ccc5ccccc54)o3)s2)cc1. The Morgan fingerprint density at radius 1 is 1.00 bits per heavy atom. The molecule has 0 saturated carbocycles. The summed E-state index contributed by atoms with van der Waals surface area (Å²) < 4.78 is 10.9. The monoisotopic (exact) mass is 401 g/mol. The summed E-state index contributed by atoms with van der Waals surface area (Å²) in [7, 11) is 1.62. The van der Waals surface area contributed by atoms with E-state index in [0.29, 0.717) is 15.7 Å². The lowest BCUT2D eigenvalue weighted by molar-refractivity contribution is 0.0998. The summed E-state index contributed by atoms with van der Waals surface area (Å²) in [5, 5.41) is 15.2. The standard InChI is InChI=1S/C22H15N3O3S/c1-27-15-9-6-14(7-10-15)21-24-25-22(29-21)23-20(26)19-12-17-16-5-3-2-4-13(16)8-11-18(17)28-19/h2-12H,1H3,(H,23,25,26). The molecular formula is C22H15N3O3S. The van der Waals surface area contributed by atoms with Gasteiger partial charge in [0.05, 0.1) is 7.11 Å². The predicted molar refractivity (Wildman–Crippen MR) is 114 cm³/mol. The number of carbonyl (C=O) groups excluding carboxylic acids is 1. The highest BCUT2D eigenvalue weighted by atomic mass is 32.1. The molecule has 0 radical (unpaired) electrons. The molecule has 0 unspecified atom stereocenters. The average Bonchev–Trinajstić information content (AvgIpc) is 3.41. The Morgan fingerprint density at radius 3 is 2.66 bits per heavy atom. The second-order valence-electron chi connectivity index (χ2n) is 6.40. The van der Waals surface area contributed by atoms with Gasteiger partial charge in [-0.3, -0.25) is 10.1 Å². The van der Waals surface area contributed by atoms with Crippen LogP contribution in [0.1, 0.15) is 10.6 Å². The number of aromatic nitrogens is 2. The second kappa shape index (κ2) is 7.03. The van der Waals surface area contributed by atoms with Gasteiger partial charge in [-0.05, 0) is 47.2 Å². The molecular weight excluding hydrogens is 386 g/mol. The quantitative estimate of drug-likeness (QED) is 0.438. The summed E-state index contributed by atoms with van der Waals surface area (Å²) in [5.41, 5.74) is 1.57. The minimum absolute atomic E-state index is 0.234. The van der Waals surface area contributed by atoms with Crippen LogP contribution in [0.2, 0.25) is 0 Å². The first-order valence-electron chi connectivity index (χ1n) is 8.92. The maximum Gasteiger partial charge on any atom is 0.293 e. The van der Waals surface area contributed by atoms with Crippen LogP contribution in [0.5, 0.6) is 5.75 Å². The Hall–Kier alpha value is -3.71. The molecule has 2 aromatic heterocycles. The van der Waals surface area contributed by atoms with E-state index < -0.39 is 0 Å². The number of nitrogens with one attached hydrogen (secondary N) is 1. The van der Waals surface area contributed by atoms with Gasteiger partial charge < -0.3 is 9.15 Å². The number of nitrogens with zero attached hydrogens (tertiary/aromatic N) is 2. The highest BCUT2D eigenvalue weighted by molar-refractivity contribution is 7.18. The molecule has 0 aliphatic carbocycles. The van der Waals surface area contributed by atoms with Gasteiger partial charge in [0.15, 0.2) is 5.76 Å². The first-order chi connectivity index (χ1) is 14.2. The van der Waals surface area contributed by atoms with Crippen LogP contribution in [0, 0.1) is 0 Å². The van der Waals surface area contributed by atoms with E-state index in [0.717, 1.165) is 27.5 Å². The van der Waals surface area contributed by atoms with E-state index in [9.17, 15) is 4.79 Å². The molecule has 0 spiro atoms. The summed E-state index contributed by atoms with van der Waals surface area (Å²) in [4.78, 5) is 12.7. The molecule has 0 atom stereocenters. The van der Waals surface area contributed by atoms with E-state index in [2.05, 4.69) is 15.5 Å². The fourth-order valence-electron chi connectivity index (χ4n) is 3.19. The van der Waals surface area contributed by atoms with Gasteiger partial charge in [0, 0.05) is 10.9 Å². The third kappa shape index (κ3) is 3.21. The number of hydrogen-bond acceptors (Lipinski definition) is 6. The molecule has 2 heterocycles. The smallest absolute Gasteiger partial charge is 0.293 e. The number of furan rings is 1. The van der Waals surface area contributed by atoms with Crippen molar-refractivity contribution in [3.8, 4) is 16.3 Å². The molecule has 1 amide bonds. The van der Waals surface area contributed by atoms with Crippen molar-refractivity contribution in [2.45, 2.75) is 0 Å². The maximum absolute atomic E-state index is 12.7. The van der Waals surface area contributed by atoms with Gasteiger partial charge in [0.2, 0.25) is 5.13 Å². The zero-order valence-corrected chi connectivity index (χ0v) is 16.2. The lowest BCUT2D eigenvalue weighted by Crippen LogP contribution is -2.10. The van der Waals surface area contributed by atoms with Gasteiger partial charge in [0.1, 0.15) is 16.3 Å². The van der Waals surface area contributed by atoms with Crippen LogP contribution in [-0.2, 0) is 0 Å². The fraction of sp³-hybridized carbons (Fsp3) is 0.0455. The van der Waals surface area contributed by atoms with E-state index >= 15 is 0 Å².